The molecule has 0 bridgehead atoms. The van der Waals surface area contributed by atoms with Crippen LogP contribution in [0.15, 0.2) is 91.1 Å². The van der Waals surface area contributed by atoms with Gasteiger partial charge in [-0.15, -0.1) is 0 Å². The molecule has 1 aromatic heterocycles. The summed E-state index contributed by atoms with van der Waals surface area (Å²) in [6.07, 6.45) is 7.42. The van der Waals surface area contributed by atoms with Gasteiger partial charge in [-0.05, 0) is 48.2 Å². The van der Waals surface area contributed by atoms with Crippen LogP contribution in [-0.4, -0.2) is 35.5 Å². The van der Waals surface area contributed by atoms with Crippen molar-refractivity contribution in [2.75, 3.05) is 19.7 Å². The minimum Gasteiger partial charge on any atom is -0.462 e. The molecule has 0 fully saturated rings. The number of aromatic amines is 1. The summed E-state index contributed by atoms with van der Waals surface area (Å²) >= 11 is 0. The van der Waals surface area contributed by atoms with Crippen LogP contribution in [0.5, 0.6) is 0 Å². The largest absolute Gasteiger partial charge is 0.462 e. The van der Waals surface area contributed by atoms with Crippen molar-refractivity contribution in [3.63, 3.8) is 0 Å². The fraction of sp³-hybridized carbons (Fsp3) is 0.207. The number of nitrogens with zero attached hydrogens (tertiary/aromatic N) is 1. The van der Waals surface area contributed by atoms with Crippen LogP contribution in [0, 0.1) is 0 Å². The van der Waals surface area contributed by atoms with Crippen molar-refractivity contribution >= 4 is 22.9 Å². The maximum atomic E-state index is 11.8. The second kappa shape index (κ2) is 11.3. The zero-order chi connectivity index (χ0) is 22.9. The summed E-state index contributed by atoms with van der Waals surface area (Å²) < 4.78 is 5.06. The molecule has 0 aliphatic rings. The summed E-state index contributed by atoms with van der Waals surface area (Å²) in [5.74, 6) is -0.278. The van der Waals surface area contributed by atoms with Gasteiger partial charge in [0.15, 0.2) is 0 Å². The standard InChI is InChI=1S/C29H30N2O2/c1-2-33-29(32)25-16-14-23(15-17-25)11-8-19-31(22-24-9-4-3-5-10-24)20-18-26-21-30-28-13-7-6-12-27(26)28/h3-17,21,30H,2,18-20,22H2,1H3/b11-8+. The van der Waals surface area contributed by atoms with Crippen LogP contribution in [0.1, 0.15) is 34.0 Å². The SMILES string of the molecule is CCOC(=O)c1ccc(/C=C/CN(CCc2c[nH]c3ccccc23)Cc2ccccc2)cc1. The summed E-state index contributed by atoms with van der Waals surface area (Å²) in [5.41, 5.74) is 5.50. The Kier molecular flexibility index (Phi) is 7.72. The third-order valence-corrected chi connectivity index (χ3v) is 5.72. The molecule has 3 aromatic carbocycles. The van der Waals surface area contributed by atoms with Gasteiger partial charge in [-0.2, -0.15) is 0 Å². The average Bonchev–Trinajstić information content (AvgIpc) is 3.27. The molecule has 4 aromatic rings. The van der Waals surface area contributed by atoms with Crippen LogP contribution < -0.4 is 0 Å². The van der Waals surface area contributed by atoms with Crippen molar-refractivity contribution in [1.82, 2.24) is 9.88 Å². The fourth-order valence-electron chi connectivity index (χ4n) is 3.98. The normalized spacial score (nSPS) is 11.5. The number of carbonyl (C=O) groups is 1. The molecule has 33 heavy (non-hydrogen) atoms. The molecule has 0 saturated heterocycles. The Labute approximate surface area is 195 Å². The van der Waals surface area contributed by atoms with E-state index in [-0.39, 0.29) is 5.97 Å². The molecule has 0 saturated carbocycles. The lowest BCUT2D eigenvalue weighted by Crippen LogP contribution is -2.25. The first-order valence-electron chi connectivity index (χ1n) is 11.5. The van der Waals surface area contributed by atoms with Crippen LogP contribution in [0.3, 0.4) is 0 Å². The first kappa shape index (κ1) is 22.6. The Bertz CT molecular complexity index is 1190. The van der Waals surface area contributed by atoms with Gasteiger partial charge in [-0.3, -0.25) is 4.90 Å². The third kappa shape index (κ3) is 6.21. The summed E-state index contributed by atoms with van der Waals surface area (Å²) in [7, 11) is 0. The fourth-order valence-corrected chi connectivity index (χ4v) is 3.98. The molecule has 4 heteroatoms. The van der Waals surface area contributed by atoms with Crippen molar-refractivity contribution in [1.29, 1.82) is 0 Å². The number of esters is 1. The van der Waals surface area contributed by atoms with E-state index in [1.54, 1.807) is 0 Å². The first-order valence-corrected chi connectivity index (χ1v) is 11.5. The van der Waals surface area contributed by atoms with Gasteiger partial charge in [0.25, 0.3) is 0 Å². The quantitative estimate of drug-likeness (QED) is 0.304. The molecule has 4 rings (SSSR count). The molecule has 4 nitrogen and oxygen atoms in total. The van der Waals surface area contributed by atoms with Gasteiger partial charge in [0.2, 0.25) is 0 Å². The van der Waals surface area contributed by atoms with E-state index in [9.17, 15) is 4.79 Å². The molecule has 0 aliphatic heterocycles. The van der Waals surface area contributed by atoms with E-state index in [1.165, 1.54) is 22.0 Å². The van der Waals surface area contributed by atoms with E-state index in [4.69, 9.17) is 4.74 Å². The highest BCUT2D eigenvalue weighted by atomic mass is 16.5. The van der Waals surface area contributed by atoms with E-state index >= 15 is 0 Å². The number of benzene rings is 3. The van der Waals surface area contributed by atoms with Crippen molar-refractivity contribution in [2.45, 2.75) is 19.9 Å². The number of fused-ring (bicyclic) bond motifs is 1. The number of carbonyl (C=O) groups excluding carboxylic acids is 1. The van der Waals surface area contributed by atoms with Crippen LogP contribution >= 0.6 is 0 Å². The number of rotatable bonds is 10. The monoisotopic (exact) mass is 438 g/mol. The summed E-state index contributed by atoms with van der Waals surface area (Å²) in [4.78, 5) is 17.7. The van der Waals surface area contributed by atoms with Crippen molar-refractivity contribution < 1.29 is 9.53 Å². The minimum absolute atomic E-state index is 0.278. The average molecular weight is 439 g/mol. The predicted octanol–water partition coefficient (Wildman–Crippen LogP) is 6.10. The first-order chi connectivity index (χ1) is 16.2. The second-order valence-electron chi connectivity index (χ2n) is 8.08. The Hall–Kier alpha value is -3.63. The molecular weight excluding hydrogens is 408 g/mol. The number of nitrogens with one attached hydrogen (secondary N) is 1. The van der Waals surface area contributed by atoms with Crippen LogP contribution in [-0.2, 0) is 17.7 Å². The van der Waals surface area contributed by atoms with E-state index < -0.39 is 0 Å². The highest BCUT2D eigenvalue weighted by Gasteiger charge is 2.09. The van der Waals surface area contributed by atoms with E-state index in [1.807, 2.05) is 31.2 Å². The Morgan fingerprint density at radius 2 is 1.73 bits per heavy atom. The summed E-state index contributed by atoms with van der Waals surface area (Å²) in [6.45, 7) is 4.90. The van der Waals surface area contributed by atoms with Crippen molar-refractivity contribution in [3.05, 3.63) is 113 Å². The zero-order valence-corrected chi connectivity index (χ0v) is 19.0. The molecule has 0 aliphatic carbocycles. The molecule has 168 valence electrons. The molecule has 1 heterocycles. The Balaban J connectivity index is 1.41. The van der Waals surface area contributed by atoms with Gasteiger partial charge in [0.05, 0.1) is 12.2 Å². The Morgan fingerprint density at radius 3 is 2.52 bits per heavy atom. The van der Waals surface area contributed by atoms with Crippen molar-refractivity contribution in [3.8, 4) is 0 Å². The van der Waals surface area contributed by atoms with Crippen LogP contribution in [0.2, 0.25) is 0 Å². The number of ether oxygens (including phenoxy) is 1. The smallest absolute Gasteiger partial charge is 0.338 e. The summed E-state index contributed by atoms with van der Waals surface area (Å²) in [6, 6.07) is 26.6. The number of para-hydroxylation sites is 1. The van der Waals surface area contributed by atoms with Gasteiger partial charge in [0, 0.05) is 36.7 Å². The maximum Gasteiger partial charge on any atom is 0.338 e. The van der Waals surface area contributed by atoms with Crippen LogP contribution in [0.4, 0.5) is 0 Å². The number of H-pyrrole nitrogens is 1. The van der Waals surface area contributed by atoms with Gasteiger partial charge >= 0.3 is 5.97 Å². The number of hydrogen-bond acceptors (Lipinski definition) is 3. The van der Waals surface area contributed by atoms with Gasteiger partial charge in [0.1, 0.15) is 0 Å². The second-order valence-corrected chi connectivity index (χ2v) is 8.08. The summed E-state index contributed by atoms with van der Waals surface area (Å²) in [5, 5.41) is 1.30. The van der Waals surface area contributed by atoms with E-state index in [0.29, 0.717) is 12.2 Å². The molecule has 0 amide bonds. The van der Waals surface area contributed by atoms with E-state index in [2.05, 4.69) is 82.8 Å². The molecule has 1 N–H and O–H groups in total. The predicted molar refractivity (Wildman–Crippen MR) is 135 cm³/mol. The number of hydrogen-bond donors (Lipinski definition) is 1. The van der Waals surface area contributed by atoms with Gasteiger partial charge in [-0.25, -0.2) is 4.79 Å². The van der Waals surface area contributed by atoms with Crippen molar-refractivity contribution in [2.24, 2.45) is 0 Å². The molecule has 0 radical (unpaired) electrons. The molecule has 0 spiro atoms. The van der Waals surface area contributed by atoms with Crippen LogP contribution in [0.25, 0.3) is 17.0 Å². The van der Waals surface area contributed by atoms with Gasteiger partial charge < -0.3 is 9.72 Å². The highest BCUT2D eigenvalue weighted by Crippen LogP contribution is 2.19. The number of aromatic nitrogens is 1. The highest BCUT2D eigenvalue weighted by molar-refractivity contribution is 5.89. The lowest BCUT2D eigenvalue weighted by molar-refractivity contribution is 0.0526. The molecular formula is C29H30N2O2. The maximum absolute atomic E-state index is 11.8. The van der Waals surface area contributed by atoms with Gasteiger partial charge in [-0.1, -0.05) is 72.8 Å². The third-order valence-electron chi connectivity index (χ3n) is 5.72. The zero-order valence-electron chi connectivity index (χ0n) is 19.0. The topological polar surface area (TPSA) is 45.3 Å². The van der Waals surface area contributed by atoms with E-state index in [0.717, 1.165) is 31.6 Å². The minimum atomic E-state index is -0.278. The Morgan fingerprint density at radius 1 is 0.970 bits per heavy atom. The lowest BCUT2D eigenvalue weighted by atomic mass is 10.1. The lowest BCUT2D eigenvalue weighted by Gasteiger charge is -2.21. The molecule has 0 atom stereocenters. The molecule has 0 unspecified atom stereocenters.